The van der Waals surface area contributed by atoms with Gasteiger partial charge < -0.3 is 29.4 Å². The van der Waals surface area contributed by atoms with Gasteiger partial charge in [-0.2, -0.15) is 13.4 Å². The van der Waals surface area contributed by atoms with Crippen LogP contribution in [0.3, 0.4) is 0 Å². The molecule has 4 aliphatic heterocycles. The van der Waals surface area contributed by atoms with E-state index < -0.39 is 31.6 Å². The number of likely N-dealkylation sites (tertiary alicyclic amines) is 1. The molecule has 1 amide bonds. The second-order valence-corrected chi connectivity index (χ2v) is 20.2. The minimum absolute atomic E-state index is 0.00332. The normalized spacial score (nSPS) is 22.7. The van der Waals surface area contributed by atoms with E-state index in [1.807, 2.05) is 12.1 Å². The summed E-state index contributed by atoms with van der Waals surface area (Å²) >= 11 is 0. The summed E-state index contributed by atoms with van der Waals surface area (Å²) in [4.78, 5) is 42.4. The van der Waals surface area contributed by atoms with Crippen LogP contribution in [-0.4, -0.2) is 90.6 Å². The van der Waals surface area contributed by atoms with Gasteiger partial charge in [0.15, 0.2) is 10.7 Å². The van der Waals surface area contributed by atoms with Crippen molar-refractivity contribution in [2.75, 3.05) is 49.7 Å². The van der Waals surface area contributed by atoms with Gasteiger partial charge in [0.05, 0.1) is 28.8 Å². The molecule has 0 bridgehead atoms. The monoisotopic (exact) mass is 888 g/mol. The number of benzene rings is 2. The average molecular weight is 889 g/mol. The van der Waals surface area contributed by atoms with Gasteiger partial charge in [-0.05, 0) is 123 Å². The average Bonchev–Trinajstić information content (AvgIpc) is 3.84. The maximum absolute atomic E-state index is 14.0. The van der Waals surface area contributed by atoms with Crippen LogP contribution < -0.4 is 24.4 Å². The fourth-order valence-corrected chi connectivity index (χ4v) is 12.0. The highest BCUT2D eigenvalue weighted by atomic mass is 32.2. The van der Waals surface area contributed by atoms with Crippen LogP contribution in [0.2, 0.25) is 0 Å². The second-order valence-electron chi connectivity index (χ2n) is 18.6. The highest BCUT2D eigenvalue weighted by molar-refractivity contribution is 7.90. The van der Waals surface area contributed by atoms with Gasteiger partial charge in [-0.3, -0.25) is 19.8 Å². The first-order valence-electron chi connectivity index (χ1n) is 22.7. The summed E-state index contributed by atoms with van der Waals surface area (Å²) in [6.07, 6.45) is 14.5. The van der Waals surface area contributed by atoms with Crippen molar-refractivity contribution in [1.82, 2.24) is 24.6 Å². The number of fused-ring (bicyclic) bond motifs is 2. The molecule has 5 fully saturated rings. The van der Waals surface area contributed by atoms with Gasteiger partial charge in [-0.25, -0.2) is 9.71 Å². The molecule has 1 spiro atoms. The number of pyridine rings is 2. The third-order valence-corrected chi connectivity index (χ3v) is 15.9. The number of aromatic nitrogens is 3. The van der Waals surface area contributed by atoms with Gasteiger partial charge in [0.2, 0.25) is 5.88 Å². The van der Waals surface area contributed by atoms with Crippen LogP contribution in [0.25, 0.3) is 11.0 Å². The Bertz CT molecular complexity index is 2720. The zero-order valence-electron chi connectivity index (χ0n) is 35.5. The van der Waals surface area contributed by atoms with Crippen molar-refractivity contribution < 1.29 is 32.3 Å². The van der Waals surface area contributed by atoms with Crippen molar-refractivity contribution in [3.05, 3.63) is 99.9 Å². The van der Waals surface area contributed by atoms with E-state index in [0.29, 0.717) is 42.1 Å². The SMILES string of the molecule is O=C(NS(=O)(=O)c1cc([N+](=O)[O-])c2c(n1)OC[C@H](C1CCOCC1)N2)c1ccc(N2CCC3(CC2)CC(N2CCC[C@H]2c2ccccc2C2CC2)C3)cc1Oc1cnc2[nH]ccc2c1. The van der Waals surface area contributed by atoms with E-state index in [1.165, 1.54) is 51.3 Å². The number of nitro groups is 1. The highest BCUT2D eigenvalue weighted by Crippen LogP contribution is 2.55. The van der Waals surface area contributed by atoms with Crippen molar-refractivity contribution in [3.63, 3.8) is 0 Å². The lowest BCUT2D eigenvalue weighted by Crippen LogP contribution is -2.54. The Morgan fingerprint density at radius 3 is 2.55 bits per heavy atom. The molecule has 16 nitrogen and oxygen atoms in total. The van der Waals surface area contributed by atoms with Crippen LogP contribution in [0.1, 0.15) is 97.7 Å². The van der Waals surface area contributed by atoms with Gasteiger partial charge in [-0.1, -0.05) is 24.3 Å². The molecular formula is C47H52N8O8S. The molecular weight excluding hydrogens is 837 g/mol. The van der Waals surface area contributed by atoms with Crippen LogP contribution in [0.15, 0.2) is 78.1 Å². The predicted molar refractivity (Wildman–Crippen MR) is 239 cm³/mol. The molecule has 334 valence electrons. The number of H-pyrrole nitrogens is 1. The number of nitrogens with zero attached hydrogens (tertiary/aromatic N) is 5. The van der Waals surface area contributed by atoms with Crippen molar-refractivity contribution in [1.29, 1.82) is 0 Å². The number of amides is 1. The standard InChI is InChI=1S/C47H52N8O8S/c56-45(52-64(59,60)42-24-40(55(57)58)43-46(51-42)62-28-38(50-43)30-12-20-61-21-13-30)37-10-9-32(23-41(37)63-34-22-31-11-16-48-44(31)49-27-34)53-18-14-47(15-19-53)25-33(26-47)54-17-3-6-39(54)36-5-2-1-4-35(36)29-7-8-29/h1-2,4-5,9-11,16,22-24,27,29-30,33,38-39,50H,3,6-8,12-15,17-21,25-26,28H2,(H,48,49)(H,52,56)/t38-,39+/m1/s1. The Labute approximate surface area is 371 Å². The molecule has 3 saturated heterocycles. The lowest BCUT2D eigenvalue weighted by atomic mass is 9.59. The minimum atomic E-state index is -4.74. The van der Waals surface area contributed by atoms with E-state index in [2.05, 4.69) is 59.1 Å². The third kappa shape index (κ3) is 7.80. The number of piperidine rings is 1. The molecule has 17 heteroatoms. The Morgan fingerprint density at radius 1 is 0.969 bits per heavy atom. The summed E-state index contributed by atoms with van der Waals surface area (Å²) in [6, 6.07) is 19.7. The molecule has 6 aliphatic rings. The molecule has 3 aromatic heterocycles. The molecule has 0 radical (unpaired) electrons. The second kappa shape index (κ2) is 16.3. The first-order chi connectivity index (χ1) is 31.1. The maximum Gasteiger partial charge on any atom is 0.300 e. The number of sulfonamides is 1. The van der Waals surface area contributed by atoms with Gasteiger partial charge in [0.1, 0.15) is 23.8 Å². The first-order valence-corrected chi connectivity index (χ1v) is 24.2. The van der Waals surface area contributed by atoms with Gasteiger partial charge in [-0.15, -0.1) is 0 Å². The van der Waals surface area contributed by atoms with Gasteiger partial charge in [0, 0.05) is 61.7 Å². The quantitative estimate of drug-likeness (QED) is 0.0859. The molecule has 7 heterocycles. The molecule has 2 saturated carbocycles. The molecule has 0 unspecified atom stereocenters. The lowest BCUT2D eigenvalue weighted by molar-refractivity contribution is -0.384. The summed E-state index contributed by atoms with van der Waals surface area (Å²) in [5, 5.41) is 15.5. The van der Waals surface area contributed by atoms with Crippen molar-refractivity contribution in [2.45, 2.75) is 93.3 Å². The van der Waals surface area contributed by atoms with Gasteiger partial charge >= 0.3 is 5.69 Å². The van der Waals surface area contributed by atoms with E-state index in [0.717, 1.165) is 61.8 Å². The number of carbonyl (C=O) groups excluding carboxylic acids is 1. The van der Waals surface area contributed by atoms with Gasteiger partial charge in [0.25, 0.3) is 15.9 Å². The van der Waals surface area contributed by atoms with E-state index in [1.54, 1.807) is 35.5 Å². The van der Waals surface area contributed by atoms with Crippen LogP contribution >= 0.6 is 0 Å². The van der Waals surface area contributed by atoms with Crippen molar-refractivity contribution in [3.8, 4) is 17.4 Å². The molecule has 5 aromatic rings. The Balaban J connectivity index is 0.807. The summed E-state index contributed by atoms with van der Waals surface area (Å²) in [7, 11) is -4.74. The van der Waals surface area contributed by atoms with Crippen LogP contribution in [-0.2, 0) is 14.8 Å². The third-order valence-electron chi connectivity index (χ3n) is 14.7. The molecule has 3 N–H and O–H groups in total. The van der Waals surface area contributed by atoms with Crippen LogP contribution in [0, 0.1) is 21.4 Å². The first kappa shape index (κ1) is 41.0. The summed E-state index contributed by atoms with van der Waals surface area (Å²) < 4.78 is 47.5. The van der Waals surface area contributed by atoms with Crippen molar-refractivity contribution >= 4 is 44.0 Å². The smallest absolute Gasteiger partial charge is 0.300 e. The Morgan fingerprint density at radius 2 is 1.77 bits per heavy atom. The maximum atomic E-state index is 14.0. The highest BCUT2D eigenvalue weighted by Gasteiger charge is 2.50. The fraction of sp³-hybridized carbons (Fsp3) is 0.468. The van der Waals surface area contributed by atoms with E-state index in [-0.39, 0.29) is 41.4 Å². The zero-order valence-corrected chi connectivity index (χ0v) is 36.4. The van der Waals surface area contributed by atoms with E-state index >= 15 is 0 Å². The summed E-state index contributed by atoms with van der Waals surface area (Å²) in [6.45, 7) is 4.15. The van der Waals surface area contributed by atoms with E-state index in [9.17, 15) is 23.3 Å². The number of carbonyl (C=O) groups is 1. The number of aromatic amines is 1. The number of ether oxygens (including phenoxy) is 3. The van der Waals surface area contributed by atoms with Crippen molar-refractivity contribution in [2.24, 2.45) is 11.3 Å². The largest absolute Gasteiger partial charge is 0.474 e. The lowest BCUT2D eigenvalue weighted by Gasteiger charge is -2.56. The number of nitrogens with one attached hydrogen (secondary N) is 3. The number of hydrogen-bond acceptors (Lipinski definition) is 13. The molecule has 2 aliphatic carbocycles. The van der Waals surface area contributed by atoms with Crippen LogP contribution in [0.4, 0.5) is 17.1 Å². The molecule has 11 rings (SSSR count). The number of anilines is 2. The molecule has 2 aromatic carbocycles. The fourth-order valence-electron chi connectivity index (χ4n) is 11.1. The zero-order chi connectivity index (χ0) is 43.6. The Hall–Kier alpha value is -5.78. The topological polar surface area (TPSA) is 194 Å². The number of rotatable bonds is 11. The van der Waals surface area contributed by atoms with E-state index in [4.69, 9.17) is 14.2 Å². The minimum Gasteiger partial charge on any atom is -0.474 e. The molecule has 2 atom stereocenters. The predicted octanol–water partition coefficient (Wildman–Crippen LogP) is 7.84. The van der Waals surface area contributed by atoms with Crippen LogP contribution in [0.5, 0.6) is 17.4 Å². The Kier molecular flexibility index (Phi) is 10.5. The summed E-state index contributed by atoms with van der Waals surface area (Å²) in [5.74, 6) is 0.176. The number of hydrogen-bond donors (Lipinski definition) is 3. The molecule has 64 heavy (non-hydrogen) atoms. The summed E-state index contributed by atoms with van der Waals surface area (Å²) in [5.41, 5.74) is 4.38.